The van der Waals surface area contributed by atoms with Gasteiger partial charge in [0.25, 0.3) is 5.91 Å². The predicted molar refractivity (Wildman–Crippen MR) is 98.7 cm³/mol. The molecule has 0 radical (unpaired) electrons. The van der Waals surface area contributed by atoms with Crippen LogP contribution in [-0.4, -0.2) is 29.7 Å². The molecule has 0 bridgehead atoms. The summed E-state index contributed by atoms with van der Waals surface area (Å²) < 4.78 is 1.51. The van der Waals surface area contributed by atoms with E-state index in [0.717, 1.165) is 30.2 Å². The first-order valence-corrected chi connectivity index (χ1v) is 8.37. The SMILES string of the molecule is Cc1cc(C(=O)Nc2cccc(N3CCCC3)c2)c(C)n1NC(N)=O. The molecule has 1 aliphatic heterocycles. The number of carbonyl (C=O) groups excluding carboxylic acids is 2. The van der Waals surface area contributed by atoms with Gasteiger partial charge in [-0.2, -0.15) is 0 Å². The molecule has 4 N–H and O–H groups in total. The van der Waals surface area contributed by atoms with Crippen molar-refractivity contribution in [3.8, 4) is 0 Å². The van der Waals surface area contributed by atoms with Crippen LogP contribution in [0.15, 0.2) is 30.3 Å². The standard InChI is InChI=1S/C18H23N5O2/c1-12-10-16(13(2)23(12)21-18(19)25)17(24)20-14-6-5-7-15(11-14)22-8-3-4-9-22/h5-7,10-11H,3-4,8-9H2,1-2H3,(H,20,24)(H3,19,21,25). The van der Waals surface area contributed by atoms with E-state index in [1.807, 2.05) is 18.2 Å². The molecule has 1 aromatic heterocycles. The lowest BCUT2D eigenvalue weighted by atomic mass is 10.2. The summed E-state index contributed by atoms with van der Waals surface area (Å²) in [5.41, 5.74) is 11.4. The van der Waals surface area contributed by atoms with Crippen molar-refractivity contribution in [2.75, 3.05) is 28.7 Å². The lowest BCUT2D eigenvalue weighted by molar-refractivity contribution is 0.102. The summed E-state index contributed by atoms with van der Waals surface area (Å²) in [4.78, 5) is 26.0. The third-order valence-corrected chi connectivity index (χ3v) is 4.47. The second kappa shape index (κ2) is 6.88. The van der Waals surface area contributed by atoms with Crippen LogP contribution < -0.4 is 21.4 Å². The van der Waals surface area contributed by atoms with Gasteiger partial charge in [0.2, 0.25) is 0 Å². The maximum absolute atomic E-state index is 12.6. The second-order valence-electron chi connectivity index (χ2n) is 6.29. The maximum Gasteiger partial charge on any atom is 0.331 e. The number of nitrogens with two attached hydrogens (primary N) is 1. The van der Waals surface area contributed by atoms with Crippen LogP contribution in [-0.2, 0) is 0 Å². The Balaban J connectivity index is 1.78. The van der Waals surface area contributed by atoms with E-state index in [0.29, 0.717) is 11.3 Å². The molecule has 1 aromatic carbocycles. The van der Waals surface area contributed by atoms with Crippen molar-refractivity contribution in [2.45, 2.75) is 26.7 Å². The number of nitrogens with zero attached hydrogens (tertiary/aromatic N) is 2. The highest BCUT2D eigenvalue weighted by molar-refractivity contribution is 6.05. The van der Waals surface area contributed by atoms with Gasteiger partial charge >= 0.3 is 6.03 Å². The highest BCUT2D eigenvalue weighted by atomic mass is 16.2. The maximum atomic E-state index is 12.6. The lowest BCUT2D eigenvalue weighted by Crippen LogP contribution is -2.29. The van der Waals surface area contributed by atoms with E-state index in [9.17, 15) is 9.59 Å². The summed E-state index contributed by atoms with van der Waals surface area (Å²) in [5, 5.41) is 2.93. The van der Waals surface area contributed by atoms with E-state index < -0.39 is 6.03 Å². The molecule has 0 spiro atoms. The molecule has 2 aromatic rings. The summed E-state index contributed by atoms with van der Waals surface area (Å²) in [7, 11) is 0. The number of carbonyl (C=O) groups is 2. The predicted octanol–water partition coefficient (Wildman–Crippen LogP) is 2.58. The van der Waals surface area contributed by atoms with Crippen molar-refractivity contribution in [3.63, 3.8) is 0 Å². The van der Waals surface area contributed by atoms with Crippen molar-refractivity contribution in [2.24, 2.45) is 5.73 Å². The number of hydrogen-bond donors (Lipinski definition) is 3. The van der Waals surface area contributed by atoms with Gasteiger partial charge in [0.1, 0.15) is 0 Å². The number of hydrogen-bond acceptors (Lipinski definition) is 3. The largest absolute Gasteiger partial charge is 0.371 e. The van der Waals surface area contributed by atoms with Gasteiger partial charge < -0.3 is 16.0 Å². The number of aromatic nitrogens is 1. The summed E-state index contributed by atoms with van der Waals surface area (Å²) in [6.07, 6.45) is 2.41. The van der Waals surface area contributed by atoms with E-state index in [4.69, 9.17) is 5.73 Å². The molecule has 3 rings (SSSR count). The molecule has 1 saturated heterocycles. The molecule has 0 unspecified atom stereocenters. The minimum absolute atomic E-state index is 0.218. The Morgan fingerprint density at radius 2 is 1.84 bits per heavy atom. The first-order valence-electron chi connectivity index (χ1n) is 8.37. The number of anilines is 2. The Hall–Kier alpha value is -2.96. The zero-order valence-corrected chi connectivity index (χ0v) is 14.5. The Labute approximate surface area is 146 Å². The summed E-state index contributed by atoms with van der Waals surface area (Å²) in [6, 6.07) is 8.92. The molecule has 1 fully saturated rings. The van der Waals surface area contributed by atoms with Gasteiger partial charge in [0, 0.05) is 35.9 Å². The van der Waals surface area contributed by atoms with E-state index in [1.54, 1.807) is 19.9 Å². The van der Waals surface area contributed by atoms with Crippen LogP contribution in [0.5, 0.6) is 0 Å². The van der Waals surface area contributed by atoms with Crippen molar-refractivity contribution in [3.05, 3.63) is 47.3 Å². The fraction of sp³-hybridized carbons (Fsp3) is 0.333. The van der Waals surface area contributed by atoms with Crippen LogP contribution in [0.1, 0.15) is 34.6 Å². The smallest absolute Gasteiger partial charge is 0.331 e. The average Bonchev–Trinajstić information content (AvgIpc) is 3.19. The van der Waals surface area contributed by atoms with Crippen molar-refractivity contribution < 1.29 is 9.59 Å². The van der Waals surface area contributed by atoms with Crippen LogP contribution >= 0.6 is 0 Å². The van der Waals surface area contributed by atoms with Crippen molar-refractivity contribution in [1.29, 1.82) is 0 Å². The number of urea groups is 1. The molecule has 3 amide bonds. The molecular weight excluding hydrogens is 318 g/mol. The molecule has 7 nitrogen and oxygen atoms in total. The molecular formula is C18H23N5O2. The molecule has 25 heavy (non-hydrogen) atoms. The number of primary amides is 1. The summed E-state index contributed by atoms with van der Waals surface area (Å²) in [5.74, 6) is -0.218. The van der Waals surface area contributed by atoms with Crippen molar-refractivity contribution >= 4 is 23.3 Å². The molecule has 0 atom stereocenters. The van der Waals surface area contributed by atoms with Crippen LogP contribution in [0.3, 0.4) is 0 Å². The van der Waals surface area contributed by atoms with Crippen molar-refractivity contribution in [1.82, 2.24) is 4.68 Å². The van der Waals surface area contributed by atoms with Gasteiger partial charge in [0.05, 0.1) is 5.56 Å². The number of aryl methyl sites for hydroxylation is 1. The van der Waals surface area contributed by atoms with Gasteiger partial charge in [-0.3, -0.25) is 9.47 Å². The first kappa shape index (κ1) is 16.9. The van der Waals surface area contributed by atoms with E-state index in [1.165, 1.54) is 17.5 Å². The second-order valence-corrected chi connectivity index (χ2v) is 6.29. The lowest BCUT2D eigenvalue weighted by Gasteiger charge is -2.18. The highest BCUT2D eigenvalue weighted by Gasteiger charge is 2.17. The Bertz CT molecular complexity index is 806. The van der Waals surface area contributed by atoms with Gasteiger partial charge in [-0.15, -0.1) is 0 Å². The van der Waals surface area contributed by atoms with Crippen LogP contribution in [0, 0.1) is 13.8 Å². The molecule has 0 aliphatic carbocycles. The average molecular weight is 341 g/mol. The molecule has 1 aliphatic rings. The van der Waals surface area contributed by atoms with Gasteiger partial charge in [-0.1, -0.05) is 6.07 Å². The molecule has 7 heteroatoms. The number of benzene rings is 1. The Morgan fingerprint density at radius 3 is 2.52 bits per heavy atom. The van der Waals surface area contributed by atoms with E-state index in [-0.39, 0.29) is 5.91 Å². The fourth-order valence-corrected chi connectivity index (χ4v) is 3.23. The molecule has 0 saturated carbocycles. The molecule has 132 valence electrons. The van der Waals surface area contributed by atoms with Gasteiger partial charge in [-0.25, -0.2) is 10.2 Å². The zero-order valence-electron chi connectivity index (χ0n) is 14.5. The fourth-order valence-electron chi connectivity index (χ4n) is 3.23. The Kier molecular flexibility index (Phi) is 4.65. The van der Waals surface area contributed by atoms with Crippen LogP contribution in [0.2, 0.25) is 0 Å². The monoisotopic (exact) mass is 341 g/mol. The number of amides is 3. The van der Waals surface area contributed by atoms with E-state index in [2.05, 4.69) is 21.7 Å². The normalized spacial score (nSPS) is 13.8. The van der Waals surface area contributed by atoms with Gasteiger partial charge in [-0.05, 0) is 51.0 Å². The van der Waals surface area contributed by atoms with Gasteiger partial charge in [0.15, 0.2) is 0 Å². The molecule has 2 heterocycles. The third kappa shape index (κ3) is 3.60. The quantitative estimate of drug-likeness (QED) is 0.798. The minimum atomic E-state index is -0.674. The Morgan fingerprint density at radius 1 is 1.12 bits per heavy atom. The van der Waals surface area contributed by atoms with Crippen LogP contribution in [0.4, 0.5) is 16.2 Å². The topological polar surface area (TPSA) is 92.4 Å². The summed E-state index contributed by atoms with van der Waals surface area (Å²) >= 11 is 0. The number of nitrogens with one attached hydrogen (secondary N) is 2. The third-order valence-electron chi connectivity index (χ3n) is 4.47. The summed E-state index contributed by atoms with van der Waals surface area (Å²) in [6.45, 7) is 5.67. The van der Waals surface area contributed by atoms with Crippen LogP contribution in [0.25, 0.3) is 0 Å². The number of rotatable bonds is 4. The highest BCUT2D eigenvalue weighted by Crippen LogP contribution is 2.24. The van der Waals surface area contributed by atoms with E-state index >= 15 is 0 Å². The zero-order chi connectivity index (χ0) is 18.0. The minimum Gasteiger partial charge on any atom is -0.371 e. The first-order chi connectivity index (χ1) is 12.0.